The summed E-state index contributed by atoms with van der Waals surface area (Å²) in [6, 6.07) is 11.0. The van der Waals surface area contributed by atoms with Crippen molar-refractivity contribution in [2.75, 3.05) is 11.6 Å². The number of para-hydroxylation sites is 1. The molecular weight excluding hydrogens is 246 g/mol. The third-order valence-corrected chi connectivity index (χ3v) is 2.83. The number of nitrogens with one attached hydrogen (secondary N) is 1. The van der Waals surface area contributed by atoms with E-state index >= 15 is 0 Å². The van der Waals surface area contributed by atoms with E-state index in [0.29, 0.717) is 10.9 Å². The molecule has 0 atom stereocenters. The third kappa shape index (κ3) is 3.07. The molecule has 2 aromatic rings. The van der Waals surface area contributed by atoms with Gasteiger partial charge in [0.05, 0.1) is 0 Å². The number of benzene rings is 1. The van der Waals surface area contributed by atoms with Crippen molar-refractivity contribution in [3.63, 3.8) is 0 Å². The van der Waals surface area contributed by atoms with Gasteiger partial charge in [-0.3, -0.25) is 4.79 Å². The number of carbonyl (C=O) groups excluding carboxylic acids is 1. The highest BCUT2D eigenvalue weighted by Gasteiger charge is 2.10. The van der Waals surface area contributed by atoms with Gasteiger partial charge in [-0.25, -0.2) is 9.97 Å². The lowest BCUT2D eigenvalue weighted by Crippen LogP contribution is -2.14. The minimum Gasteiger partial charge on any atom is -0.321 e. The molecule has 0 saturated carbocycles. The van der Waals surface area contributed by atoms with Crippen LogP contribution in [-0.4, -0.2) is 22.1 Å². The fraction of sp³-hybridized carbons (Fsp3) is 0.154. The maximum absolute atomic E-state index is 12.0. The number of hydrogen-bond acceptors (Lipinski definition) is 4. The maximum Gasteiger partial charge on any atom is 0.274 e. The zero-order chi connectivity index (χ0) is 13.0. The zero-order valence-corrected chi connectivity index (χ0v) is 11.0. The molecule has 0 aliphatic carbocycles. The van der Waals surface area contributed by atoms with Crippen molar-refractivity contribution in [1.82, 2.24) is 9.97 Å². The molecule has 0 fully saturated rings. The van der Waals surface area contributed by atoms with E-state index in [2.05, 4.69) is 15.3 Å². The van der Waals surface area contributed by atoms with Crippen molar-refractivity contribution >= 4 is 23.4 Å². The van der Waals surface area contributed by atoms with Crippen LogP contribution in [0, 0.1) is 6.92 Å². The summed E-state index contributed by atoms with van der Waals surface area (Å²) in [6.45, 7) is 1.85. The molecule has 0 spiro atoms. The molecule has 1 amide bonds. The van der Waals surface area contributed by atoms with Crippen molar-refractivity contribution in [3.8, 4) is 0 Å². The largest absolute Gasteiger partial charge is 0.321 e. The van der Waals surface area contributed by atoms with Crippen LogP contribution < -0.4 is 5.32 Å². The number of amides is 1. The Balaban J connectivity index is 2.21. The van der Waals surface area contributed by atoms with E-state index in [-0.39, 0.29) is 5.91 Å². The van der Waals surface area contributed by atoms with Crippen LogP contribution in [-0.2, 0) is 0 Å². The van der Waals surface area contributed by atoms with E-state index in [0.717, 1.165) is 11.4 Å². The van der Waals surface area contributed by atoms with Gasteiger partial charge >= 0.3 is 0 Å². The van der Waals surface area contributed by atoms with Gasteiger partial charge < -0.3 is 5.32 Å². The first-order valence-corrected chi connectivity index (χ1v) is 6.67. The van der Waals surface area contributed by atoms with Crippen LogP contribution in [0.3, 0.4) is 0 Å². The van der Waals surface area contributed by atoms with Crippen molar-refractivity contribution in [1.29, 1.82) is 0 Å². The molecule has 0 bridgehead atoms. The van der Waals surface area contributed by atoms with Gasteiger partial charge in [-0.15, -0.1) is 0 Å². The van der Waals surface area contributed by atoms with Gasteiger partial charge in [-0.05, 0) is 31.4 Å². The first kappa shape index (κ1) is 12.6. The van der Waals surface area contributed by atoms with E-state index < -0.39 is 0 Å². The Morgan fingerprint density at radius 2 is 1.94 bits per heavy atom. The molecule has 18 heavy (non-hydrogen) atoms. The Kier molecular flexibility index (Phi) is 3.94. The number of aryl methyl sites for hydroxylation is 1. The summed E-state index contributed by atoms with van der Waals surface area (Å²) in [5, 5.41) is 3.40. The molecule has 92 valence electrons. The van der Waals surface area contributed by atoms with Crippen LogP contribution in [0.2, 0.25) is 0 Å². The summed E-state index contributed by atoms with van der Waals surface area (Å²) in [7, 11) is 0. The lowest BCUT2D eigenvalue weighted by molar-refractivity contribution is 0.102. The lowest BCUT2D eigenvalue weighted by Gasteiger charge is -2.06. The molecule has 4 nitrogen and oxygen atoms in total. The number of nitrogens with zero attached hydrogens (tertiary/aromatic N) is 2. The Labute approximate surface area is 110 Å². The minimum atomic E-state index is -0.220. The number of rotatable bonds is 3. The van der Waals surface area contributed by atoms with Crippen LogP contribution in [0.15, 0.2) is 41.6 Å². The summed E-state index contributed by atoms with van der Waals surface area (Å²) >= 11 is 1.42. The summed E-state index contributed by atoms with van der Waals surface area (Å²) in [6.07, 6.45) is 1.88. The molecule has 0 radical (unpaired) electrons. The predicted octanol–water partition coefficient (Wildman–Crippen LogP) is 2.76. The molecular formula is C13H13N3OS. The van der Waals surface area contributed by atoms with E-state index in [1.54, 1.807) is 6.07 Å². The van der Waals surface area contributed by atoms with Gasteiger partial charge in [-0.2, -0.15) is 0 Å². The summed E-state index contributed by atoms with van der Waals surface area (Å²) < 4.78 is 0. The molecule has 0 aliphatic rings. The molecule has 5 heteroatoms. The number of carbonyl (C=O) groups is 1. The quantitative estimate of drug-likeness (QED) is 0.680. The fourth-order valence-corrected chi connectivity index (χ4v) is 1.89. The predicted molar refractivity (Wildman–Crippen MR) is 72.9 cm³/mol. The van der Waals surface area contributed by atoms with E-state index in [1.165, 1.54) is 11.8 Å². The van der Waals surface area contributed by atoms with Crippen molar-refractivity contribution < 1.29 is 4.79 Å². The highest BCUT2D eigenvalue weighted by atomic mass is 32.2. The Morgan fingerprint density at radius 3 is 2.61 bits per heavy atom. The Bertz CT molecular complexity index is 557. The lowest BCUT2D eigenvalue weighted by atomic mass is 10.3. The van der Waals surface area contributed by atoms with Gasteiger partial charge in [0.1, 0.15) is 5.69 Å². The first-order chi connectivity index (χ1) is 8.69. The topological polar surface area (TPSA) is 54.9 Å². The molecule has 1 N–H and O–H groups in total. The highest BCUT2D eigenvalue weighted by Crippen LogP contribution is 2.12. The van der Waals surface area contributed by atoms with Crippen molar-refractivity contribution in [3.05, 3.63) is 47.8 Å². The van der Waals surface area contributed by atoms with Crippen LogP contribution >= 0.6 is 11.8 Å². The smallest absolute Gasteiger partial charge is 0.274 e. The summed E-state index contributed by atoms with van der Waals surface area (Å²) in [5.41, 5.74) is 1.92. The van der Waals surface area contributed by atoms with Crippen LogP contribution in [0.4, 0.5) is 5.69 Å². The summed E-state index contributed by atoms with van der Waals surface area (Å²) in [4.78, 5) is 20.4. The number of anilines is 1. The van der Waals surface area contributed by atoms with Crippen molar-refractivity contribution in [2.24, 2.45) is 0 Å². The Hall–Kier alpha value is -1.88. The second-order valence-corrected chi connectivity index (χ2v) is 4.47. The number of thioether (sulfide) groups is 1. The fourth-order valence-electron chi connectivity index (χ4n) is 1.47. The zero-order valence-electron chi connectivity index (χ0n) is 10.2. The van der Waals surface area contributed by atoms with Crippen molar-refractivity contribution in [2.45, 2.75) is 12.1 Å². The second-order valence-electron chi connectivity index (χ2n) is 3.70. The normalized spacial score (nSPS) is 10.1. The van der Waals surface area contributed by atoms with Gasteiger partial charge in [0, 0.05) is 11.4 Å². The monoisotopic (exact) mass is 259 g/mol. The van der Waals surface area contributed by atoms with Crippen LogP contribution in [0.25, 0.3) is 0 Å². The molecule has 1 heterocycles. The molecule has 0 saturated heterocycles. The van der Waals surface area contributed by atoms with Gasteiger partial charge in [0.15, 0.2) is 5.16 Å². The molecule has 1 aromatic heterocycles. The van der Waals surface area contributed by atoms with E-state index in [1.807, 2.05) is 43.5 Å². The molecule has 0 unspecified atom stereocenters. The first-order valence-electron chi connectivity index (χ1n) is 5.45. The van der Waals surface area contributed by atoms with Gasteiger partial charge in [0.25, 0.3) is 5.91 Å². The van der Waals surface area contributed by atoms with Crippen LogP contribution in [0.5, 0.6) is 0 Å². The molecule has 1 aromatic carbocycles. The van der Waals surface area contributed by atoms with Gasteiger partial charge in [0.2, 0.25) is 0 Å². The number of aromatic nitrogens is 2. The number of hydrogen-bond donors (Lipinski definition) is 1. The van der Waals surface area contributed by atoms with Gasteiger partial charge in [-0.1, -0.05) is 30.0 Å². The SMILES string of the molecule is CSc1nc(C)cc(C(=O)Nc2ccccc2)n1. The standard InChI is InChI=1S/C13H13N3OS/c1-9-8-11(16-13(14-9)18-2)12(17)15-10-6-4-3-5-7-10/h3-8H,1-2H3,(H,15,17). The third-order valence-electron chi connectivity index (χ3n) is 2.28. The average molecular weight is 259 g/mol. The van der Waals surface area contributed by atoms with E-state index in [9.17, 15) is 4.79 Å². The molecule has 0 aliphatic heterocycles. The minimum absolute atomic E-state index is 0.220. The average Bonchev–Trinajstić information content (AvgIpc) is 2.39. The summed E-state index contributed by atoms with van der Waals surface area (Å²) in [5.74, 6) is -0.220. The van der Waals surface area contributed by atoms with E-state index in [4.69, 9.17) is 0 Å². The molecule has 2 rings (SSSR count). The second kappa shape index (κ2) is 5.64. The Morgan fingerprint density at radius 1 is 1.22 bits per heavy atom. The maximum atomic E-state index is 12.0. The van der Waals surface area contributed by atoms with Crippen LogP contribution in [0.1, 0.15) is 16.2 Å². The highest BCUT2D eigenvalue weighted by molar-refractivity contribution is 7.98.